The number of carbonyl (C=O) groups excluding carboxylic acids is 1. The molecule has 19 heavy (non-hydrogen) atoms. The Morgan fingerprint density at radius 3 is 2.32 bits per heavy atom. The normalized spacial score (nSPS) is 21.7. The molecule has 1 aromatic carbocycles. The average molecular weight is 260 g/mol. The maximum absolute atomic E-state index is 12.0. The quantitative estimate of drug-likeness (QED) is 0.569. The van der Waals surface area contributed by atoms with E-state index in [0.29, 0.717) is 12.8 Å². The summed E-state index contributed by atoms with van der Waals surface area (Å²) in [6, 6.07) is 9.20. The Bertz CT molecular complexity index is 485. The van der Waals surface area contributed by atoms with E-state index in [0.717, 1.165) is 5.69 Å². The Hall–Kier alpha value is -2.30. The highest BCUT2D eigenvalue weighted by molar-refractivity contribution is 5.86. The summed E-state index contributed by atoms with van der Waals surface area (Å²) >= 11 is 0. The summed E-state index contributed by atoms with van der Waals surface area (Å²) in [5.41, 5.74) is 6.11. The Kier molecular flexibility index (Phi) is 4.18. The lowest BCUT2D eigenvalue weighted by Crippen LogP contribution is -2.41. The molecule has 0 saturated carbocycles. The molecule has 0 unspecified atom stereocenters. The van der Waals surface area contributed by atoms with Gasteiger partial charge in [-0.3, -0.25) is 20.4 Å². The van der Waals surface area contributed by atoms with Crippen LogP contribution in [0.5, 0.6) is 0 Å². The predicted molar refractivity (Wildman–Crippen MR) is 71.2 cm³/mol. The van der Waals surface area contributed by atoms with Crippen molar-refractivity contribution >= 4 is 17.6 Å². The molecular weight excluding hydrogens is 244 g/mol. The van der Waals surface area contributed by atoms with Crippen LogP contribution in [0.3, 0.4) is 0 Å². The van der Waals surface area contributed by atoms with Crippen LogP contribution in [0, 0.1) is 11.8 Å². The number of benzene rings is 1. The number of rotatable bonds is 4. The van der Waals surface area contributed by atoms with Crippen molar-refractivity contribution in [1.82, 2.24) is 5.43 Å². The molecule has 5 heteroatoms. The van der Waals surface area contributed by atoms with Crippen molar-refractivity contribution in [2.75, 3.05) is 5.43 Å². The largest absolute Gasteiger partial charge is 0.481 e. The van der Waals surface area contributed by atoms with E-state index in [9.17, 15) is 9.59 Å². The number of hydrogen-bond acceptors (Lipinski definition) is 3. The molecule has 1 aliphatic carbocycles. The summed E-state index contributed by atoms with van der Waals surface area (Å²) in [6.07, 6.45) is 4.53. The first-order valence-electron chi connectivity index (χ1n) is 6.17. The van der Waals surface area contributed by atoms with Gasteiger partial charge in [-0.15, -0.1) is 0 Å². The molecule has 0 aromatic heterocycles. The van der Waals surface area contributed by atoms with Gasteiger partial charge in [0.1, 0.15) is 0 Å². The van der Waals surface area contributed by atoms with Crippen LogP contribution >= 0.6 is 0 Å². The van der Waals surface area contributed by atoms with E-state index in [1.807, 2.05) is 42.5 Å². The summed E-state index contributed by atoms with van der Waals surface area (Å²) in [5, 5.41) is 9.11. The average Bonchev–Trinajstić information content (AvgIpc) is 2.46. The number of carboxylic acids is 1. The first kappa shape index (κ1) is 13.1. The fourth-order valence-corrected chi connectivity index (χ4v) is 2.12. The highest BCUT2D eigenvalue weighted by Crippen LogP contribution is 2.25. The monoisotopic (exact) mass is 260 g/mol. The lowest BCUT2D eigenvalue weighted by atomic mass is 9.82. The topological polar surface area (TPSA) is 78.4 Å². The standard InChI is InChI=1S/C14H16N2O3/c17-13(16-15-10-6-2-1-3-7-10)11-8-4-5-9-12(11)14(18)19/h1-7,11-12,15H,8-9H2,(H,16,17)(H,18,19)/t11-,12+/m0/s1. The van der Waals surface area contributed by atoms with Gasteiger partial charge >= 0.3 is 5.97 Å². The number of anilines is 1. The van der Waals surface area contributed by atoms with E-state index in [-0.39, 0.29) is 5.91 Å². The van der Waals surface area contributed by atoms with Crippen LogP contribution in [0.4, 0.5) is 5.69 Å². The maximum Gasteiger partial charge on any atom is 0.307 e. The lowest BCUT2D eigenvalue weighted by molar-refractivity contribution is -0.147. The molecule has 0 aliphatic heterocycles. The molecule has 1 amide bonds. The molecule has 5 nitrogen and oxygen atoms in total. The molecule has 3 N–H and O–H groups in total. The Balaban J connectivity index is 1.95. The van der Waals surface area contributed by atoms with Crippen LogP contribution in [0.1, 0.15) is 12.8 Å². The van der Waals surface area contributed by atoms with E-state index in [1.165, 1.54) is 0 Å². The predicted octanol–water partition coefficient (Wildman–Crippen LogP) is 1.80. The van der Waals surface area contributed by atoms with E-state index < -0.39 is 17.8 Å². The molecule has 0 fully saturated rings. The van der Waals surface area contributed by atoms with Crippen LogP contribution in [-0.4, -0.2) is 17.0 Å². The minimum atomic E-state index is -0.927. The first-order valence-corrected chi connectivity index (χ1v) is 6.17. The van der Waals surface area contributed by atoms with Gasteiger partial charge in [0.2, 0.25) is 5.91 Å². The molecule has 1 aliphatic rings. The number of para-hydroxylation sites is 1. The van der Waals surface area contributed by atoms with Gasteiger partial charge in [0.15, 0.2) is 0 Å². The van der Waals surface area contributed by atoms with Crippen molar-refractivity contribution in [1.29, 1.82) is 0 Å². The van der Waals surface area contributed by atoms with Crippen molar-refractivity contribution < 1.29 is 14.7 Å². The maximum atomic E-state index is 12.0. The second-order valence-electron chi connectivity index (χ2n) is 4.47. The van der Waals surface area contributed by atoms with Crippen LogP contribution in [0.2, 0.25) is 0 Å². The number of carbonyl (C=O) groups is 2. The Morgan fingerprint density at radius 2 is 1.68 bits per heavy atom. The van der Waals surface area contributed by atoms with Crippen LogP contribution in [0.15, 0.2) is 42.5 Å². The fourth-order valence-electron chi connectivity index (χ4n) is 2.12. The van der Waals surface area contributed by atoms with E-state index in [4.69, 9.17) is 5.11 Å². The van der Waals surface area contributed by atoms with Gasteiger partial charge < -0.3 is 5.11 Å². The number of hydrogen-bond donors (Lipinski definition) is 3. The first-order chi connectivity index (χ1) is 9.18. The SMILES string of the molecule is O=C(NNc1ccccc1)[C@H]1CC=CC[C@H]1C(=O)O. The number of hydrazine groups is 1. The van der Waals surface area contributed by atoms with Crippen molar-refractivity contribution in [3.05, 3.63) is 42.5 Å². The molecular formula is C14H16N2O3. The molecule has 0 bridgehead atoms. The molecule has 2 rings (SSSR count). The smallest absolute Gasteiger partial charge is 0.307 e. The van der Waals surface area contributed by atoms with E-state index >= 15 is 0 Å². The number of aliphatic carboxylic acids is 1. The molecule has 1 aromatic rings. The zero-order chi connectivity index (χ0) is 13.7. The van der Waals surface area contributed by atoms with Crippen molar-refractivity contribution in [2.45, 2.75) is 12.8 Å². The van der Waals surface area contributed by atoms with Gasteiger partial charge in [-0.05, 0) is 25.0 Å². The zero-order valence-corrected chi connectivity index (χ0v) is 10.4. The highest BCUT2D eigenvalue weighted by atomic mass is 16.4. The molecule has 0 heterocycles. The van der Waals surface area contributed by atoms with Gasteiger partial charge in [-0.1, -0.05) is 30.4 Å². The van der Waals surface area contributed by atoms with Gasteiger partial charge in [0, 0.05) is 0 Å². The summed E-state index contributed by atoms with van der Waals surface area (Å²) in [7, 11) is 0. The third kappa shape index (κ3) is 3.34. The van der Waals surface area contributed by atoms with Crippen molar-refractivity contribution in [3.8, 4) is 0 Å². The second kappa shape index (κ2) is 6.04. The van der Waals surface area contributed by atoms with Gasteiger partial charge in [0.25, 0.3) is 0 Å². The number of nitrogens with one attached hydrogen (secondary N) is 2. The number of carboxylic acid groups (broad SMARTS) is 1. The Morgan fingerprint density at radius 1 is 1.05 bits per heavy atom. The van der Waals surface area contributed by atoms with E-state index in [1.54, 1.807) is 0 Å². The summed E-state index contributed by atoms with van der Waals surface area (Å²) in [4.78, 5) is 23.1. The Labute approximate surface area is 111 Å². The lowest BCUT2D eigenvalue weighted by Gasteiger charge is -2.24. The fraction of sp³-hybridized carbons (Fsp3) is 0.286. The molecule has 0 spiro atoms. The minimum absolute atomic E-state index is 0.291. The van der Waals surface area contributed by atoms with Crippen LogP contribution < -0.4 is 10.9 Å². The molecule has 2 atom stereocenters. The molecule has 0 radical (unpaired) electrons. The van der Waals surface area contributed by atoms with Crippen molar-refractivity contribution in [2.24, 2.45) is 11.8 Å². The minimum Gasteiger partial charge on any atom is -0.481 e. The zero-order valence-electron chi connectivity index (χ0n) is 10.4. The third-order valence-corrected chi connectivity index (χ3v) is 3.19. The number of allylic oxidation sites excluding steroid dienone is 2. The van der Waals surface area contributed by atoms with Gasteiger partial charge in [0.05, 0.1) is 17.5 Å². The number of amides is 1. The van der Waals surface area contributed by atoms with E-state index in [2.05, 4.69) is 10.9 Å². The van der Waals surface area contributed by atoms with Gasteiger partial charge in [-0.2, -0.15) is 0 Å². The summed E-state index contributed by atoms with van der Waals surface area (Å²) < 4.78 is 0. The second-order valence-corrected chi connectivity index (χ2v) is 4.47. The summed E-state index contributed by atoms with van der Waals surface area (Å²) in [6.45, 7) is 0. The highest BCUT2D eigenvalue weighted by Gasteiger charge is 2.33. The third-order valence-electron chi connectivity index (χ3n) is 3.19. The van der Waals surface area contributed by atoms with Crippen LogP contribution in [0.25, 0.3) is 0 Å². The van der Waals surface area contributed by atoms with Crippen molar-refractivity contribution in [3.63, 3.8) is 0 Å². The molecule has 0 saturated heterocycles. The van der Waals surface area contributed by atoms with Crippen LogP contribution in [-0.2, 0) is 9.59 Å². The molecule has 100 valence electrons. The summed E-state index contributed by atoms with van der Waals surface area (Å²) in [5.74, 6) is -2.40. The van der Waals surface area contributed by atoms with Gasteiger partial charge in [-0.25, -0.2) is 0 Å².